The molecule has 2 aromatic carbocycles. The summed E-state index contributed by atoms with van der Waals surface area (Å²) in [4.78, 5) is 0. The van der Waals surface area contributed by atoms with Gasteiger partial charge in [0.05, 0.1) is 0 Å². The molecule has 0 spiro atoms. The molecule has 19 heavy (non-hydrogen) atoms. The molecule has 2 aromatic rings. The normalized spacial score (nSPS) is 12.2. The van der Waals surface area contributed by atoms with E-state index in [0.29, 0.717) is 16.3 Å². The molecule has 0 fully saturated rings. The van der Waals surface area contributed by atoms with Crippen LogP contribution in [-0.4, -0.2) is 0 Å². The van der Waals surface area contributed by atoms with Gasteiger partial charge < -0.3 is 10.5 Å². The highest BCUT2D eigenvalue weighted by Gasteiger charge is 2.10. The summed E-state index contributed by atoms with van der Waals surface area (Å²) in [6, 6.07) is 11.6. The Bertz CT molecular complexity index is 572. The summed E-state index contributed by atoms with van der Waals surface area (Å²) in [5, 5.41) is 0.602. The predicted molar refractivity (Wildman–Crippen MR) is 74.8 cm³/mol. The molecule has 0 aliphatic heterocycles. The second kappa shape index (κ2) is 6.04. The quantitative estimate of drug-likeness (QED) is 0.915. The Kier molecular flexibility index (Phi) is 4.40. The first-order valence-corrected chi connectivity index (χ1v) is 6.37. The number of benzene rings is 2. The van der Waals surface area contributed by atoms with E-state index >= 15 is 0 Å². The standard InChI is InChI=1S/C15H15ClFNO/c1-10(18)13-8-12(16)6-7-15(13)19-9-11-4-2-3-5-14(11)17/h2-8,10H,9,18H2,1H3. The molecule has 0 aliphatic carbocycles. The molecule has 0 amide bonds. The van der Waals surface area contributed by atoms with Crippen LogP contribution in [0.25, 0.3) is 0 Å². The average molecular weight is 280 g/mol. The maximum atomic E-state index is 13.5. The van der Waals surface area contributed by atoms with E-state index in [0.717, 1.165) is 5.56 Å². The number of halogens is 2. The smallest absolute Gasteiger partial charge is 0.129 e. The number of hydrogen-bond donors (Lipinski definition) is 1. The molecule has 0 bridgehead atoms. The first kappa shape index (κ1) is 13.8. The molecule has 0 aliphatic rings. The minimum Gasteiger partial charge on any atom is -0.488 e. The highest BCUT2D eigenvalue weighted by molar-refractivity contribution is 6.30. The van der Waals surface area contributed by atoms with Crippen LogP contribution in [0.2, 0.25) is 5.02 Å². The van der Waals surface area contributed by atoms with Crippen LogP contribution in [0.4, 0.5) is 4.39 Å². The third kappa shape index (κ3) is 3.46. The average Bonchev–Trinajstić information content (AvgIpc) is 2.38. The van der Waals surface area contributed by atoms with Gasteiger partial charge in [-0.3, -0.25) is 0 Å². The largest absolute Gasteiger partial charge is 0.488 e. The second-order valence-corrected chi connectivity index (χ2v) is 4.79. The minimum atomic E-state index is -0.279. The SMILES string of the molecule is CC(N)c1cc(Cl)ccc1OCc1ccccc1F. The van der Waals surface area contributed by atoms with Gasteiger partial charge in [-0.05, 0) is 31.2 Å². The van der Waals surface area contributed by atoms with Gasteiger partial charge in [0, 0.05) is 22.2 Å². The van der Waals surface area contributed by atoms with Gasteiger partial charge in [0.2, 0.25) is 0 Å². The molecule has 4 heteroatoms. The molecule has 1 atom stereocenters. The summed E-state index contributed by atoms with van der Waals surface area (Å²) in [6.07, 6.45) is 0. The zero-order chi connectivity index (χ0) is 13.8. The third-order valence-electron chi connectivity index (χ3n) is 2.80. The molecule has 0 saturated heterocycles. The van der Waals surface area contributed by atoms with Gasteiger partial charge in [-0.15, -0.1) is 0 Å². The van der Waals surface area contributed by atoms with Crippen LogP contribution in [-0.2, 0) is 6.61 Å². The van der Waals surface area contributed by atoms with Crippen molar-refractivity contribution in [3.05, 3.63) is 64.4 Å². The number of hydrogen-bond acceptors (Lipinski definition) is 2. The van der Waals surface area contributed by atoms with Crippen molar-refractivity contribution >= 4 is 11.6 Å². The maximum absolute atomic E-state index is 13.5. The van der Waals surface area contributed by atoms with Gasteiger partial charge in [-0.25, -0.2) is 4.39 Å². The van der Waals surface area contributed by atoms with E-state index in [-0.39, 0.29) is 18.5 Å². The Morgan fingerprint density at radius 3 is 2.68 bits per heavy atom. The fourth-order valence-electron chi connectivity index (χ4n) is 1.78. The van der Waals surface area contributed by atoms with Crippen molar-refractivity contribution in [3.8, 4) is 5.75 Å². The molecule has 0 aromatic heterocycles. The zero-order valence-corrected chi connectivity index (χ0v) is 11.3. The van der Waals surface area contributed by atoms with Crippen LogP contribution >= 0.6 is 11.6 Å². The Hall–Kier alpha value is -1.58. The molecule has 2 N–H and O–H groups in total. The molecule has 0 radical (unpaired) electrons. The molecular weight excluding hydrogens is 265 g/mol. The van der Waals surface area contributed by atoms with Crippen molar-refractivity contribution in [2.45, 2.75) is 19.6 Å². The number of nitrogens with two attached hydrogens (primary N) is 1. The van der Waals surface area contributed by atoms with Gasteiger partial charge in [0.25, 0.3) is 0 Å². The van der Waals surface area contributed by atoms with Gasteiger partial charge in [-0.1, -0.05) is 29.8 Å². The van der Waals surface area contributed by atoms with Crippen molar-refractivity contribution in [2.75, 3.05) is 0 Å². The van der Waals surface area contributed by atoms with E-state index in [2.05, 4.69) is 0 Å². The van der Waals surface area contributed by atoms with Crippen molar-refractivity contribution in [1.82, 2.24) is 0 Å². The fourth-order valence-corrected chi connectivity index (χ4v) is 1.96. The first-order chi connectivity index (χ1) is 9.08. The second-order valence-electron chi connectivity index (χ2n) is 4.35. The molecule has 2 nitrogen and oxygen atoms in total. The lowest BCUT2D eigenvalue weighted by atomic mass is 10.1. The van der Waals surface area contributed by atoms with E-state index in [1.807, 2.05) is 6.92 Å². The highest BCUT2D eigenvalue weighted by Crippen LogP contribution is 2.28. The molecule has 100 valence electrons. The third-order valence-corrected chi connectivity index (χ3v) is 3.04. The van der Waals surface area contributed by atoms with E-state index in [4.69, 9.17) is 22.1 Å². The Balaban J connectivity index is 2.18. The summed E-state index contributed by atoms with van der Waals surface area (Å²) in [6.45, 7) is 2.01. The van der Waals surface area contributed by atoms with Gasteiger partial charge in [0.1, 0.15) is 18.2 Å². The number of ether oxygens (including phenoxy) is 1. The van der Waals surface area contributed by atoms with Crippen LogP contribution in [0.15, 0.2) is 42.5 Å². The highest BCUT2D eigenvalue weighted by atomic mass is 35.5. The van der Waals surface area contributed by atoms with Crippen LogP contribution in [0, 0.1) is 5.82 Å². The first-order valence-electron chi connectivity index (χ1n) is 5.99. The van der Waals surface area contributed by atoms with E-state index in [1.165, 1.54) is 6.07 Å². The Morgan fingerprint density at radius 1 is 1.26 bits per heavy atom. The minimum absolute atomic E-state index is 0.161. The Labute approximate surface area is 117 Å². The molecule has 2 rings (SSSR count). The van der Waals surface area contributed by atoms with Crippen molar-refractivity contribution in [2.24, 2.45) is 5.73 Å². The predicted octanol–water partition coefficient (Wildman–Crippen LogP) is 4.08. The van der Waals surface area contributed by atoms with E-state index in [9.17, 15) is 4.39 Å². The molecule has 0 saturated carbocycles. The van der Waals surface area contributed by atoms with Crippen LogP contribution < -0.4 is 10.5 Å². The summed E-state index contributed by atoms with van der Waals surface area (Å²) in [7, 11) is 0. The van der Waals surface area contributed by atoms with Crippen LogP contribution in [0.5, 0.6) is 5.75 Å². The number of rotatable bonds is 4. The van der Waals surface area contributed by atoms with E-state index < -0.39 is 0 Å². The summed E-state index contributed by atoms with van der Waals surface area (Å²) in [5.41, 5.74) is 7.19. The van der Waals surface area contributed by atoms with Crippen molar-refractivity contribution < 1.29 is 9.13 Å². The summed E-state index contributed by atoms with van der Waals surface area (Å²) in [5.74, 6) is 0.349. The molecule has 1 unspecified atom stereocenters. The Morgan fingerprint density at radius 2 is 2.00 bits per heavy atom. The van der Waals surface area contributed by atoms with Crippen molar-refractivity contribution in [3.63, 3.8) is 0 Å². The summed E-state index contributed by atoms with van der Waals surface area (Å²) < 4.78 is 19.1. The lowest BCUT2D eigenvalue weighted by Crippen LogP contribution is -2.08. The van der Waals surface area contributed by atoms with Gasteiger partial charge in [-0.2, -0.15) is 0 Å². The van der Waals surface area contributed by atoms with Gasteiger partial charge in [0.15, 0.2) is 0 Å². The lowest BCUT2D eigenvalue weighted by molar-refractivity contribution is 0.295. The molecule has 0 heterocycles. The van der Waals surface area contributed by atoms with Gasteiger partial charge >= 0.3 is 0 Å². The van der Waals surface area contributed by atoms with Crippen LogP contribution in [0.3, 0.4) is 0 Å². The monoisotopic (exact) mass is 279 g/mol. The van der Waals surface area contributed by atoms with Crippen LogP contribution in [0.1, 0.15) is 24.1 Å². The molecular formula is C15H15ClFNO. The zero-order valence-electron chi connectivity index (χ0n) is 10.6. The lowest BCUT2D eigenvalue weighted by Gasteiger charge is -2.14. The van der Waals surface area contributed by atoms with Crippen molar-refractivity contribution in [1.29, 1.82) is 0 Å². The topological polar surface area (TPSA) is 35.2 Å². The van der Waals surface area contributed by atoms with E-state index in [1.54, 1.807) is 36.4 Å². The summed E-state index contributed by atoms with van der Waals surface area (Å²) >= 11 is 5.93. The fraction of sp³-hybridized carbons (Fsp3) is 0.200. The maximum Gasteiger partial charge on any atom is 0.129 e.